The van der Waals surface area contributed by atoms with E-state index in [0.29, 0.717) is 30.3 Å². The molecule has 0 radical (unpaired) electrons. The van der Waals surface area contributed by atoms with Crippen LogP contribution < -0.4 is 4.90 Å². The Balaban J connectivity index is 2.29. The van der Waals surface area contributed by atoms with Crippen molar-refractivity contribution in [1.82, 2.24) is 4.98 Å². The molecular formula is C13H11FN2O3. The van der Waals surface area contributed by atoms with Gasteiger partial charge in [0.05, 0.1) is 5.69 Å². The van der Waals surface area contributed by atoms with E-state index < -0.39 is 11.8 Å². The molecule has 6 heteroatoms. The average Bonchev–Trinajstić information content (AvgIpc) is 2.92. The molecule has 0 unspecified atom stereocenters. The van der Waals surface area contributed by atoms with E-state index in [-0.39, 0.29) is 17.3 Å². The van der Waals surface area contributed by atoms with Crippen LogP contribution in [0.15, 0.2) is 18.2 Å². The lowest BCUT2D eigenvalue weighted by atomic mass is 10.2. The fourth-order valence-corrected chi connectivity index (χ4v) is 2.47. The monoisotopic (exact) mass is 262 g/mol. The number of H-pyrrole nitrogens is 1. The van der Waals surface area contributed by atoms with Crippen molar-refractivity contribution < 1.29 is 19.1 Å². The molecular weight excluding hydrogens is 251 g/mol. The van der Waals surface area contributed by atoms with Crippen molar-refractivity contribution in [2.45, 2.75) is 12.8 Å². The van der Waals surface area contributed by atoms with Gasteiger partial charge < -0.3 is 15.0 Å². The minimum Gasteiger partial charge on any atom is -0.477 e. The lowest BCUT2D eigenvalue weighted by Gasteiger charge is -2.15. The van der Waals surface area contributed by atoms with Crippen molar-refractivity contribution in [2.24, 2.45) is 0 Å². The zero-order valence-electron chi connectivity index (χ0n) is 9.94. The molecule has 1 aromatic carbocycles. The Kier molecular flexibility index (Phi) is 2.51. The van der Waals surface area contributed by atoms with Crippen LogP contribution in [0.5, 0.6) is 0 Å². The second-order valence-corrected chi connectivity index (χ2v) is 4.49. The van der Waals surface area contributed by atoms with E-state index in [4.69, 9.17) is 0 Å². The molecule has 1 fully saturated rings. The van der Waals surface area contributed by atoms with E-state index in [0.717, 1.165) is 0 Å². The Hall–Kier alpha value is -2.37. The number of nitrogens with one attached hydrogen (secondary N) is 1. The molecule has 2 N–H and O–H groups in total. The molecule has 1 aliphatic rings. The molecule has 1 amide bonds. The molecule has 1 aliphatic heterocycles. The second-order valence-electron chi connectivity index (χ2n) is 4.49. The molecule has 0 aliphatic carbocycles. The van der Waals surface area contributed by atoms with Gasteiger partial charge in [-0.05, 0) is 24.6 Å². The number of carbonyl (C=O) groups excluding carboxylic acids is 1. The molecule has 98 valence electrons. The molecule has 19 heavy (non-hydrogen) atoms. The summed E-state index contributed by atoms with van der Waals surface area (Å²) in [5, 5.41) is 9.64. The number of rotatable bonds is 2. The molecule has 5 nitrogen and oxygen atoms in total. The van der Waals surface area contributed by atoms with Gasteiger partial charge >= 0.3 is 5.97 Å². The van der Waals surface area contributed by atoms with E-state index in [9.17, 15) is 19.1 Å². The Bertz CT molecular complexity index is 692. The number of carboxylic acids is 1. The third kappa shape index (κ3) is 1.76. The highest BCUT2D eigenvalue weighted by atomic mass is 19.1. The van der Waals surface area contributed by atoms with Crippen LogP contribution in [-0.2, 0) is 4.79 Å². The van der Waals surface area contributed by atoms with Gasteiger partial charge in [0.25, 0.3) is 0 Å². The van der Waals surface area contributed by atoms with Crippen LogP contribution in [0.25, 0.3) is 10.9 Å². The van der Waals surface area contributed by atoms with Crippen molar-refractivity contribution in [3.8, 4) is 0 Å². The zero-order chi connectivity index (χ0) is 13.6. The molecule has 1 saturated heterocycles. The number of carbonyl (C=O) groups is 2. The zero-order valence-corrected chi connectivity index (χ0v) is 9.94. The number of aromatic nitrogens is 1. The van der Waals surface area contributed by atoms with E-state index in [1.165, 1.54) is 23.1 Å². The maximum absolute atomic E-state index is 13.3. The first kappa shape index (κ1) is 11.7. The summed E-state index contributed by atoms with van der Waals surface area (Å²) >= 11 is 0. The number of aromatic carboxylic acids is 1. The third-order valence-electron chi connectivity index (χ3n) is 3.29. The SMILES string of the molecule is O=C(O)c1[nH]c2ccc(F)cc2c1N1CCCC1=O. The predicted octanol–water partition coefficient (Wildman–Crippen LogP) is 2.13. The van der Waals surface area contributed by atoms with Gasteiger partial charge in [0.1, 0.15) is 11.5 Å². The molecule has 0 spiro atoms. The van der Waals surface area contributed by atoms with Crippen LogP contribution >= 0.6 is 0 Å². The summed E-state index contributed by atoms with van der Waals surface area (Å²) in [4.78, 5) is 27.2. The van der Waals surface area contributed by atoms with Gasteiger partial charge in [-0.3, -0.25) is 4.79 Å². The third-order valence-corrected chi connectivity index (χ3v) is 3.29. The molecule has 0 atom stereocenters. The number of anilines is 1. The number of aromatic amines is 1. The normalized spacial score (nSPS) is 15.4. The summed E-state index contributed by atoms with van der Waals surface area (Å²) in [5.74, 6) is -1.75. The second kappa shape index (κ2) is 4.08. The smallest absolute Gasteiger partial charge is 0.354 e. The molecule has 3 rings (SSSR count). The van der Waals surface area contributed by atoms with Crippen molar-refractivity contribution in [2.75, 3.05) is 11.4 Å². The maximum atomic E-state index is 13.3. The van der Waals surface area contributed by atoms with Crippen LogP contribution in [0, 0.1) is 5.82 Å². The van der Waals surface area contributed by atoms with Gasteiger partial charge in [0, 0.05) is 23.9 Å². The van der Waals surface area contributed by atoms with Crippen LogP contribution in [0.4, 0.5) is 10.1 Å². The highest BCUT2D eigenvalue weighted by Crippen LogP contribution is 2.34. The topological polar surface area (TPSA) is 73.4 Å². The number of carboxylic acid groups (broad SMARTS) is 1. The summed E-state index contributed by atoms with van der Waals surface area (Å²) in [7, 11) is 0. The van der Waals surface area contributed by atoms with E-state index in [2.05, 4.69) is 4.98 Å². The summed E-state index contributed by atoms with van der Waals surface area (Å²) in [5.41, 5.74) is 0.703. The fraction of sp³-hybridized carbons (Fsp3) is 0.231. The maximum Gasteiger partial charge on any atom is 0.354 e. The lowest BCUT2D eigenvalue weighted by molar-refractivity contribution is -0.117. The van der Waals surface area contributed by atoms with Gasteiger partial charge in [-0.15, -0.1) is 0 Å². The predicted molar refractivity (Wildman–Crippen MR) is 66.8 cm³/mol. The molecule has 0 bridgehead atoms. The Labute approximate surface area is 107 Å². The average molecular weight is 262 g/mol. The number of amides is 1. The number of fused-ring (bicyclic) bond motifs is 1. The summed E-state index contributed by atoms with van der Waals surface area (Å²) in [6.45, 7) is 0.461. The van der Waals surface area contributed by atoms with E-state index in [1.807, 2.05) is 0 Å². The minimum atomic E-state index is -1.16. The molecule has 1 aromatic heterocycles. The molecule has 0 saturated carbocycles. The van der Waals surface area contributed by atoms with Crippen LogP contribution in [0.3, 0.4) is 0 Å². The lowest BCUT2D eigenvalue weighted by Crippen LogP contribution is -2.25. The largest absolute Gasteiger partial charge is 0.477 e. The molecule has 2 heterocycles. The first-order valence-corrected chi connectivity index (χ1v) is 5.93. The van der Waals surface area contributed by atoms with Crippen molar-refractivity contribution >= 4 is 28.5 Å². The van der Waals surface area contributed by atoms with Gasteiger partial charge in [0.2, 0.25) is 5.91 Å². The number of nitrogens with zero attached hydrogens (tertiary/aromatic N) is 1. The quantitative estimate of drug-likeness (QED) is 0.870. The van der Waals surface area contributed by atoms with Crippen LogP contribution in [0.1, 0.15) is 23.3 Å². The van der Waals surface area contributed by atoms with Crippen LogP contribution in [-0.4, -0.2) is 28.5 Å². The fourth-order valence-electron chi connectivity index (χ4n) is 2.47. The number of hydrogen-bond donors (Lipinski definition) is 2. The van der Waals surface area contributed by atoms with Crippen molar-refractivity contribution in [3.63, 3.8) is 0 Å². The number of hydrogen-bond acceptors (Lipinski definition) is 2. The first-order chi connectivity index (χ1) is 9.08. The van der Waals surface area contributed by atoms with Crippen LogP contribution in [0.2, 0.25) is 0 Å². The van der Waals surface area contributed by atoms with Crippen molar-refractivity contribution in [3.05, 3.63) is 29.7 Å². The van der Waals surface area contributed by atoms with Gasteiger partial charge in [-0.25, -0.2) is 9.18 Å². The van der Waals surface area contributed by atoms with E-state index in [1.54, 1.807) is 0 Å². The summed E-state index contributed by atoms with van der Waals surface area (Å²) in [6.07, 6.45) is 1.07. The van der Waals surface area contributed by atoms with Gasteiger partial charge in [-0.1, -0.05) is 0 Å². The first-order valence-electron chi connectivity index (χ1n) is 5.93. The Morgan fingerprint density at radius 1 is 1.42 bits per heavy atom. The Morgan fingerprint density at radius 3 is 2.84 bits per heavy atom. The molecule has 2 aromatic rings. The minimum absolute atomic E-state index is 0.0733. The highest BCUT2D eigenvalue weighted by Gasteiger charge is 2.29. The highest BCUT2D eigenvalue weighted by molar-refractivity contribution is 6.12. The van der Waals surface area contributed by atoms with Gasteiger partial charge in [0.15, 0.2) is 0 Å². The Morgan fingerprint density at radius 2 is 2.21 bits per heavy atom. The van der Waals surface area contributed by atoms with Gasteiger partial charge in [-0.2, -0.15) is 0 Å². The number of benzene rings is 1. The summed E-state index contributed by atoms with van der Waals surface area (Å²) < 4.78 is 13.3. The van der Waals surface area contributed by atoms with E-state index >= 15 is 0 Å². The standard InChI is InChI=1S/C13H11FN2O3/c14-7-3-4-9-8(6-7)12(11(15-9)13(18)19)16-5-1-2-10(16)17/h3-4,6,15H,1-2,5H2,(H,18,19). The van der Waals surface area contributed by atoms with Crippen molar-refractivity contribution in [1.29, 1.82) is 0 Å². The number of halogens is 1. The summed E-state index contributed by atoms with van der Waals surface area (Å²) in [6, 6.07) is 3.97.